The van der Waals surface area contributed by atoms with Gasteiger partial charge in [0.2, 0.25) is 0 Å². The van der Waals surface area contributed by atoms with Crippen LogP contribution in [0.3, 0.4) is 0 Å². The van der Waals surface area contributed by atoms with Crippen LogP contribution in [-0.2, 0) is 11.8 Å². The molecule has 0 amide bonds. The molecule has 1 nitrogen and oxygen atoms in total. The zero-order chi connectivity index (χ0) is 16.1. The van der Waals surface area contributed by atoms with Crippen molar-refractivity contribution in [3.8, 4) is 0 Å². The van der Waals surface area contributed by atoms with Crippen molar-refractivity contribution in [2.45, 2.75) is 71.1 Å². The molecule has 0 aromatic heterocycles. The minimum Gasteiger partial charge on any atom is -0.512 e. The molecule has 1 N–H and O–H groups in total. The maximum atomic E-state index is 10.3. The van der Waals surface area contributed by atoms with Crippen LogP contribution in [0.1, 0.15) is 76.0 Å². The van der Waals surface area contributed by atoms with Gasteiger partial charge in [-0.05, 0) is 59.6 Å². The highest BCUT2D eigenvalue weighted by atomic mass is 16.3. The molecule has 1 aromatic carbocycles. The van der Waals surface area contributed by atoms with Crippen molar-refractivity contribution in [2.24, 2.45) is 11.3 Å². The second-order valence-corrected chi connectivity index (χ2v) is 8.30. The Morgan fingerprint density at radius 1 is 1.27 bits per heavy atom. The molecule has 22 heavy (non-hydrogen) atoms. The van der Waals surface area contributed by atoms with E-state index in [1.165, 1.54) is 36.0 Å². The van der Waals surface area contributed by atoms with Crippen LogP contribution < -0.4 is 0 Å². The molecule has 1 unspecified atom stereocenters. The van der Waals surface area contributed by atoms with E-state index in [4.69, 9.17) is 0 Å². The molecule has 1 saturated carbocycles. The number of aliphatic hydroxyl groups is 1. The molecule has 1 heteroatoms. The van der Waals surface area contributed by atoms with Gasteiger partial charge in [-0.25, -0.2) is 0 Å². The summed E-state index contributed by atoms with van der Waals surface area (Å²) in [6.45, 7) is 13.1. The second-order valence-electron chi connectivity index (χ2n) is 8.30. The normalized spacial score (nSPS) is 34.1. The molecule has 2 aliphatic carbocycles. The van der Waals surface area contributed by atoms with E-state index in [1.54, 1.807) is 0 Å². The van der Waals surface area contributed by atoms with Crippen LogP contribution in [0.4, 0.5) is 0 Å². The maximum Gasteiger partial charge on any atom is 0.0912 e. The summed E-state index contributed by atoms with van der Waals surface area (Å²) in [5, 5.41) is 10.3. The van der Waals surface area contributed by atoms with Crippen molar-refractivity contribution in [1.29, 1.82) is 0 Å². The lowest BCUT2D eigenvalue weighted by molar-refractivity contribution is 0.0236. The lowest BCUT2D eigenvalue weighted by Crippen LogP contribution is -2.49. The smallest absolute Gasteiger partial charge is 0.0912 e. The summed E-state index contributed by atoms with van der Waals surface area (Å²) in [7, 11) is 0. The van der Waals surface area contributed by atoms with Gasteiger partial charge in [0.25, 0.3) is 0 Å². The molecule has 0 radical (unpaired) electrons. The Kier molecular flexibility index (Phi) is 3.66. The molecule has 120 valence electrons. The minimum absolute atomic E-state index is 0.124. The van der Waals surface area contributed by atoms with E-state index in [-0.39, 0.29) is 10.8 Å². The van der Waals surface area contributed by atoms with Gasteiger partial charge in [0.1, 0.15) is 0 Å². The standard InChI is InChI=1S/C21H30O/c1-14(2)16-7-9-18-17(13-16)8-10-19-20(4,15(3)22)11-6-12-21(18,19)5/h7,9,13-14,19,22H,3,6,8,10-12H2,1-2,4-5H3/t19?,20-,21-/m0/s1. The van der Waals surface area contributed by atoms with Crippen LogP contribution >= 0.6 is 0 Å². The Morgan fingerprint density at radius 3 is 2.64 bits per heavy atom. The highest BCUT2D eigenvalue weighted by Gasteiger charge is 2.53. The Labute approximate surface area is 135 Å². The van der Waals surface area contributed by atoms with E-state index in [1.807, 2.05) is 0 Å². The largest absolute Gasteiger partial charge is 0.512 e. The maximum absolute atomic E-state index is 10.3. The zero-order valence-corrected chi connectivity index (χ0v) is 14.6. The molecule has 1 aromatic rings. The quantitative estimate of drug-likeness (QED) is 0.675. The Hall–Kier alpha value is -1.24. The lowest BCUT2D eigenvalue weighted by Gasteiger charge is -2.55. The fraction of sp³-hybridized carbons (Fsp3) is 0.619. The number of fused-ring (bicyclic) bond motifs is 3. The SMILES string of the molecule is C=C(O)[C@]1(C)CCC[C@@]2(C)c3ccc(C(C)C)cc3CCC12. The van der Waals surface area contributed by atoms with Crippen molar-refractivity contribution in [2.75, 3.05) is 0 Å². The molecule has 2 aliphatic rings. The third kappa shape index (κ3) is 2.13. The monoisotopic (exact) mass is 298 g/mol. The molecule has 0 heterocycles. The van der Waals surface area contributed by atoms with Gasteiger partial charge in [-0.2, -0.15) is 0 Å². The summed E-state index contributed by atoms with van der Waals surface area (Å²) in [6, 6.07) is 7.13. The fourth-order valence-electron chi connectivity index (χ4n) is 5.22. The topological polar surface area (TPSA) is 20.2 Å². The number of benzene rings is 1. The van der Waals surface area contributed by atoms with E-state index >= 15 is 0 Å². The van der Waals surface area contributed by atoms with Gasteiger partial charge in [0.05, 0.1) is 5.76 Å². The van der Waals surface area contributed by atoms with Crippen molar-refractivity contribution in [1.82, 2.24) is 0 Å². The first-order chi connectivity index (χ1) is 10.3. The summed E-state index contributed by atoms with van der Waals surface area (Å²) >= 11 is 0. The van der Waals surface area contributed by atoms with Crippen LogP contribution in [-0.4, -0.2) is 5.11 Å². The average Bonchev–Trinajstić information content (AvgIpc) is 2.46. The summed E-state index contributed by atoms with van der Waals surface area (Å²) < 4.78 is 0. The van der Waals surface area contributed by atoms with Gasteiger partial charge in [0.15, 0.2) is 0 Å². The first kappa shape index (κ1) is 15.6. The highest BCUT2D eigenvalue weighted by Crippen LogP contribution is 2.59. The van der Waals surface area contributed by atoms with Gasteiger partial charge in [0, 0.05) is 5.41 Å². The van der Waals surface area contributed by atoms with Crippen LogP contribution in [0, 0.1) is 11.3 Å². The summed E-state index contributed by atoms with van der Waals surface area (Å²) in [6.07, 6.45) is 5.78. The average molecular weight is 298 g/mol. The summed E-state index contributed by atoms with van der Waals surface area (Å²) in [5.74, 6) is 1.49. The van der Waals surface area contributed by atoms with Crippen LogP contribution in [0.15, 0.2) is 30.5 Å². The van der Waals surface area contributed by atoms with Crippen molar-refractivity contribution in [3.05, 3.63) is 47.2 Å². The number of hydrogen-bond acceptors (Lipinski definition) is 1. The number of hydrogen-bond donors (Lipinski definition) is 1. The molecule has 1 fully saturated rings. The number of aryl methyl sites for hydroxylation is 1. The molecule has 0 aliphatic heterocycles. The molecular formula is C21H30O. The summed E-state index contributed by atoms with van der Waals surface area (Å²) in [5.41, 5.74) is 4.58. The van der Waals surface area contributed by atoms with E-state index in [9.17, 15) is 5.11 Å². The Balaban J connectivity index is 2.08. The number of allylic oxidation sites excluding steroid dienone is 1. The minimum atomic E-state index is -0.124. The first-order valence-electron chi connectivity index (χ1n) is 8.80. The number of aliphatic hydroxyl groups excluding tert-OH is 1. The van der Waals surface area contributed by atoms with Crippen molar-refractivity contribution >= 4 is 0 Å². The third-order valence-corrected chi connectivity index (χ3v) is 6.70. The van der Waals surface area contributed by atoms with Gasteiger partial charge >= 0.3 is 0 Å². The van der Waals surface area contributed by atoms with E-state index in [0.29, 0.717) is 17.6 Å². The van der Waals surface area contributed by atoms with Crippen LogP contribution in [0.2, 0.25) is 0 Å². The molecular weight excluding hydrogens is 268 g/mol. The van der Waals surface area contributed by atoms with E-state index in [0.717, 1.165) is 12.8 Å². The third-order valence-electron chi connectivity index (χ3n) is 6.70. The molecule has 0 spiro atoms. The Morgan fingerprint density at radius 2 is 2.00 bits per heavy atom. The first-order valence-corrected chi connectivity index (χ1v) is 8.80. The summed E-state index contributed by atoms with van der Waals surface area (Å²) in [4.78, 5) is 0. The van der Waals surface area contributed by atoms with E-state index < -0.39 is 0 Å². The van der Waals surface area contributed by atoms with Gasteiger partial charge in [-0.15, -0.1) is 0 Å². The molecule has 3 atom stereocenters. The number of rotatable bonds is 2. The van der Waals surface area contributed by atoms with Crippen LogP contribution in [0.25, 0.3) is 0 Å². The second kappa shape index (κ2) is 5.15. The lowest BCUT2D eigenvalue weighted by atomic mass is 9.49. The molecule has 0 saturated heterocycles. The fourth-order valence-corrected chi connectivity index (χ4v) is 5.22. The van der Waals surface area contributed by atoms with Gasteiger partial charge in [-0.1, -0.05) is 58.9 Å². The van der Waals surface area contributed by atoms with Crippen LogP contribution in [0.5, 0.6) is 0 Å². The Bertz CT molecular complexity index is 600. The van der Waals surface area contributed by atoms with Gasteiger partial charge < -0.3 is 5.11 Å². The van der Waals surface area contributed by atoms with Crippen molar-refractivity contribution in [3.63, 3.8) is 0 Å². The molecule has 3 rings (SSSR count). The zero-order valence-electron chi connectivity index (χ0n) is 14.6. The van der Waals surface area contributed by atoms with Crippen molar-refractivity contribution < 1.29 is 5.11 Å². The van der Waals surface area contributed by atoms with Gasteiger partial charge in [-0.3, -0.25) is 0 Å². The molecule has 0 bridgehead atoms. The van der Waals surface area contributed by atoms with E-state index in [2.05, 4.69) is 52.5 Å². The predicted octanol–water partition coefficient (Wildman–Crippen LogP) is 5.89. The predicted molar refractivity (Wildman–Crippen MR) is 93.4 cm³/mol. The highest BCUT2D eigenvalue weighted by molar-refractivity contribution is 5.42.